The van der Waals surface area contributed by atoms with Crippen LogP contribution in [0.2, 0.25) is 0 Å². The molecule has 3 heteroatoms. The minimum absolute atomic E-state index is 0.205. The number of amides is 1. The number of rotatable bonds is 1. The summed E-state index contributed by atoms with van der Waals surface area (Å²) >= 11 is 0. The van der Waals surface area contributed by atoms with Gasteiger partial charge in [-0.2, -0.15) is 0 Å². The van der Waals surface area contributed by atoms with E-state index >= 15 is 0 Å². The molecule has 1 amide bonds. The van der Waals surface area contributed by atoms with Gasteiger partial charge in [0.05, 0.1) is 0 Å². The van der Waals surface area contributed by atoms with E-state index in [2.05, 4.69) is 11.8 Å². The summed E-state index contributed by atoms with van der Waals surface area (Å²) in [6.45, 7) is 4.22. The van der Waals surface area contributed by atoms with Gasteiger partial charge >= 0.3 is 0 Å². The Morgan fingerprint density at radius 1 is 1.05 bits per heavy atom. The van der Waals surface area contributed by atoms with Crippen LogP contribution in [0.25, 0.3) is 0 Å². The van der Waals surface area contributed by atoms with Crippen LogP contribution in [0.15, 0.2) is 0 Å². The zero-order valence-corrected chi connectivity index (χ0v) is 13.7. The number of likely N-dealkylation sites (tertiary alicyclic amines) is 1. The summed E-state index contributed by atoms with van der Waals surface area (Å²) in [5, 5.41) is 0. The summed E-state index contributed by atoms with van der Waals surface area (Å²) in [5.74, 6) is 1.19. The first-order valence-corrected chi connectivity index (χ1v) is 9.14. The van der Waals surface area contributed by atoms with Gasteiger partial charge in [0.2, 0.25) is 5.91 Å². The molecule has 2 N–H and O–H groups in total. The predicted octanol–water partition coefficient (Wildman–Crippen LogP) is 3.32. The van der Waals surface area contributed by atoms with E-state index in [1.54, 1.807) is 0 Å². The first-order valence-electron chi connectivity index (χ1n) is 9.14. The predicted molar refractivity (Wildman–Crippen MR) is 85.8 cm³/mol. The lowest BCUT2D eigenvalue weighted by Crippen LogP contribution is -2.48. The highest BCUT2D eigenvalue weighted by molar-refractivity contribution is 5.79. The molecule has 1 saturated heterocycles. The fraction of sp³-hybridized carbons (Fsp3) is 0.944. The van der Waals surface area contributed by atoms with Crippen molar-refractivity contribution in [3.63, 3.8) is 0 Å². The Labute approximate surface area is 129 Å². The molecular formula is C18H32N2O. The quantitative estimate of drug-likeness (QED) is 0.806. The van der Waals surface area contributed by atoms with E-state index in [1.165, 1.54) is 44.9 Å². The topological polar surface area (TPSA) is 46.3 Å². The second kappa shape index (κ2) is 6.28. The third kappa shape index (κ3) is 3.28. The Morgan fingerprint density at radius 2 is 1.71 bits per heavy atom. The van der Waals surface area contributed by atoms with Gasteiger partial charge in [-0.1, -0.05) is 26.2 Å². The SMILES string of the molecule is CC1CCC(C(=O)N2CCC3(CCCCC3)CC2)CC1N. The molecule has 3 aliphatic rings. The van der Waals surface area contributed by atoms with Crippen molar-refractivity contribution in [3.05, 3.63) is 0 Å². The smallest absolute Gasteiger partial charge is 0.225 e. The van der Waals surface area contributed by atoms with E-state index in [0.717, 1.165) is 32.4 Å². The zero-order valence-electron chi connectivity index (χ0n) is 13.7. The first-order chi connectivity index (χ1) is 10.1. The normalized spacial score (nSPS) is 36.7. The molecule has 1 aliphatic heterocycles. The summed E-state index contributed by atoms with van der Waals surface area (Å²) in [5.41, 5.74) is 6.77. The molecule has 1 heterocycles. The van der Waals surface area contributed by atoms with Crippen LogP contribution in [0.3, 0.4) is 0 Å². The highest BCUT2D eigenvalue weighted by atomic mass is 16.2. The van der Waals surface area contributed by atoms with E-state index in [-0.39, 0.29) is 12.0 Å². The molecule has 2 aliphatic carbocycles. The second-order valence-electron chi connectivity index (χ2n) is 8.04. The van der Waals surface area contributed by atoms with Gasteiger partial charge in [0.25, 0.3) is 0 Å². The maximum Gasteiger partial charge on any atom is 0.225 e. The minimum Gasteiger partial charge on any atom is -0.342 e. The van der Waals surface area contributed by atoms with E-state index in [1.807, 2.05) is 0 Å². The number of carbonyl (C=O) groups is 1. The fourth-order valence-electron chi connectivity index (χ4n) is 4.84. The third-order valence-electron chi connectivity index (χ3n) is 6.66. The van der Waals surface area contributed by atoms with Crippen molar-refractivity contribution in [2.24, 2.45) is 23.0 Å². The molecule has 3 fully saturated rings. The van der Waals surface area contributed by atoms with Gasteiger partial charge in [0.1, 0.15) is 0 Å². The van der Waals surface area contributed by atoms with E-state index in [4.69, 9.17) is 5.73 Å². The molecule has 2 saturated carbocycles. The number of hydrogen-bond acceptors (Lipinski definition) is 2. The van der Waals surface area contributed by atoms with Crippen molar-refractivity contribution in [1.82, 2.24) is 4.90 Å². The fourth-order valence-corrected chi connectivity index (χ4v) is 4.84. The number of nitrogens with zero attached hydrogens (tertiary/aromatic N) is 1. The third-order valence-corrected chi connectivity index (χ3v) is 6.66. The molecule has 120 valence electrons. The Kier molecular flexibility index (Phi) is 4.58. The van der Waals surface area contributed by atoms with Crippen LogP contribution in [-0.4, -0.2) is 29.9 Å². The van der Waals surface area contributed by atoms with E-state index in [0.29, 0.717) is 17.2 Å². The largest absolute Gasteiger partial charge is 0.342 e. The highest BCUT2D eigenvalue weighted by Gasteiger charge is 2.39. The van der Waals surface area contributed by atoms with Gasteiger partial charge in [-0.05, 0) is 56.3 Å². The number of nitrogens with two attached hydrogens (primary N) is 1. The average Bonchev–Trinajstić information content (AvgIpc) is 2.51. The molecule has 3 nitrogen and oxygen atoms in total. The van der Waals surface area contributed by atoms with E-state index < -0.39 is 0 Å². The zero-order chi connectivity index (χ0) is 14.9. The van der Waals surface area contributed by atoms with Crippen molar-refractivity contribution >= 4 is 5.91 Å². The lowest BCUT2D eigenvalue weighted by Gasteiger charge is -2.45. The Hall–Kier alpha value is -0.570. The molecule has 1 spiro atoms. The summed E-state index contributed by atoms with van der Waals surface area (Å²) in [6, 6.07) is 0.224. The molecule has 0 aromatic heterocycles. The van der Waals surface area contributed by atoms with Crippen LogP contribution < -0.4 is 5.73 Å². The maximum atomic E-state index is 12.7. The van der Waals surface area contributed by atoms with Crippen molar-refractivity contribution in [2.75, 3.05) is 13.1 Å². The molecule has 0 aromatic rings. The maximum absolute atomic E-state index is 12.7. The standard InChI is InChI=1S/C18H32N2O/c1-14-5-6-15(13-16(14)19)17(21)20-11-9-18(10-12-20)7-3-2-4-8-18/h14-16H,2-13,19H2,1H3. The van der Waals surface area contributed by atoms with Crippen LogP contribution in [-0.2, 0) is 4.79 Å². The monoisotopic (exact) mass is 292 g/mol. The molecule has 3 unspecified atom stereocenters. The van der Waals surface area contributed by atoms with Crippen molar-refractivity contribution in [2.45, 2.75) is 77.2 Å². The number of hydrogen-bond donors (Lipinski definition) is 1. The van der Waals surface area contributed by atoms with Crippen LogP contribution in [0.5, 0.6) is 0 Å². The van der Waals surface area contributed by atoms with Crippen LogP contribution >= 0.6 is 0 Å². The summed E-state index contributed by atoms with van der Waals surface area (Å²) in [6.07, 6.45) is 12.6. The van der Waals surface area contributed by atoms with Crippen molar-refractivity contribution in [3.8, 4) is 0 Å². The first kappa shape index (κ1) is 15.3. The molecule has 0 aromatic carbocycles. The number of carbonyl (C=O) groups excluding carboxylic acids is 1. The molecule has 3 atom stereocenters. The molecular weight excluding hydrogens is 260 g/mol. The van der Waals surface area contributed by atoms with Gasteiger partial charge in [-0.15, -0.1) is 0 Å². The Bertz CT molecular complexity index is 365. The Morgan fingerprint density at radius 3 is 2.33 bits per heavy atom. The van der Waals surface area contributed by atoms with Gasteiger partial charge in [0.15, 0.2) is 0 Å². The van der Waals surface area contributed by atoms with Crippen LogP contribution in [0, 0.1) is 17.3 Å². The molecule has 21 heavy (non-hydrogen) atoms. The number of piperidine rings is 1. The van der Waals surface area contributed by atoms with E-state index in [9.17, 15) is 4.79 Å². The molecule has 0 radical (unpaired) electrons. The lowest BCUT2D eigenvalue weighted by molar-refractivity contribution is -0.139. The van der Waals surface area contributed by atoms with Crippen LogP contribution in [0.4, 0.5) is 0 Å². The Balaban J connectivity index is 1.53. The summed E-state index contributed by atoms with van der Waals surface area (Å²) < 4.78 is 0. The summed E-state index contributed by atoms with van der Waals surface area (Å²) in [4.78, 5) is 14.9. The van der Waals surface area contributed by atoms with Crippen molar-refractivity contribution < 1.29 is 4.79 Å². The van der Waals surface area contributed by atoms with Crippen LogP contribution in [0.1, 0.15) is 71.1 Å². The lowest BCUT2D eigenvalue weighted by atomic mass is 9.68. The highest BCUT2D eigenvalue weighted by Crippen LogP contribution is 2.44. The van der Waals surface area contributed by atoms with Gasteiger partial charge in [-0.25, -0.2) is 0 Å². The second-order valence-corrected chi connectivity index (χ2v) is 8.04. The average molecular weight is 292 g/mol. The van der Waals surface area contributed by atoms with Gasteiger partial charge < -0.3 is 10.6 Å². The molecule has 0 bridgehead atoms. The van der Waals surface area contributed by atoms with Gasteiger partial charge in [0, 0.05) is 25.0 Å². The van der Waals surface area contributed by atoms with Gasteiger partial charge in [-0.3, -0.25) is 4.79 Å². The summed E-state index contributed by atoms with van der Waals surface area (Å²) in [7, 11) is 0. The molecule has 3 rings (SSSR count). The minimum atomic E-state index is 0.205. The van der Waals surface area contributed by atoms with Crippen molar-refractivity contribution in [1.29, 1.82) is 0 Å².